The number of aromatic amines is 1. The Balaban J connectivity index is 2.35. The van der Waals surface area contributed by atoms with Crippen LogP contribution in [0.5, 0.6) is 0 Å². The van der Waals surface area contributed by atoms with Gasteiger partial charge in [0.05, 0.1) is 16.1 Å². The molecular weight excluding hydrogens is 363 g/mol. The van der Waals surface area contributed by atoms with Gasteiger partial charge in [-0.25, -0.2) is 4.39 Å². The molecule has 1 heterocycles. The van der Waals surface area contributed by atoms with Gasteiger partial charge in [-0.3, -0.25) is 4.57 Å². The minimum atomic E-state index is -0.252. The van der Waals surface area contributed by atoms with Gasteiger partial charge in [-0.2, -0.15) is 0 Å². The number of H-pyrrole nitrogens is 1. The van der Waals surface area contributed by atoms with E-state index in [-0.39, 0.29) is 5.82 Å². The number of aromatic nitrogens is 2. The number of fused-ring (bicyclic) bond motifs is 1. The molecular formula is C14H9BrClFN2S. The van der Waals surface area contributed by atoms with E-state index in [1.165, 1.54) is 6.07 Å². The fourth-order valence-electron chi connectivity index (χ4n) is 2.11. The number of nitrogens with one attached hydrogen (secondary N) is 1. The van der Waals surface area contributed by atoms with Crippen molar-refractivity contribution in [2.45, 2.75) is 6.92 Å². The summed E-state index contributed by atoms with van der Waals surface area (Å²) >= 11 is 14.7. The standard InChI is InChI=1S/C14H9BrClFN2S/c1-7-4-13-12(6-11(7)17)18-14(20)19(13)8-2-3-10(16)9(15)5-8/h2-6H,1H3,(H,18,20). The first-order valence-electron chi connectivity index (χ1n) is 5.83. The molecule has 0 radical (unpaired) electrons. The van der Waals surface area contributed by atoms with Gasteiger partial charge in [0.1, 0.15) is 5.82 Å². The Kier molecular flexibility index (Phi) is 3.44. The van der Waals surface area contributed by atoms with Gasteiger partial charge in [0.15, 0.2) is 4.77 Å². The summed E-state index contributed by atoms with van der Waals surface area (Å²) in [6, 6.07) is 8.78. The lowest BCUT2D eigenvalue weighted by Gasteiger charge is -2.07. The topological polar surface area (TPSA) is 20.7 Å². The molecule has 0 aliphatic carbocycles. The molecule has 0 saturated carbocycles. The average Bonchev–Trinajstić information content (AvgIpc) is 2.69. The van der Waals surface area contributed by atoms with Crippen LogP contribution in [0.3, 0.4) is 0 Å². The highest BCUT2D eigenvalue weighted by Gasteiger charge is 2.10. The van der Waals surface area contributed by atoms with Crippen molar-refractivity contribution in [3.8, 4) is 5.69 Å². The Bertz CT molecular complexity index is 885. The maximum absolute atomic E-state index is 13.6. The van der Waals surface area contributed by atoms with Gasteiger partial charge < -0.3 is 4.98 Å². The number of nitrogens with zero attached hydrogens (tertiary/aromatic N) is 1. The average molecular weight is 372 g/mol. The molecule has 2 aromatic carbocycles. The molecule has 0 fully saturated rings. The number of halogens is 3. The van der Waals surface area contributed by atoms with Crippen molar-refractivity contribution >= 4 is 50.8 Å². The van der Waals surface area contributed by atoms with Gasteiger partial charge >= 0.3 is 0 Å². The first-order chi connectivity index (χ1) is 9.47. The highest BCUT2D eigenvalue weighted by atomic mass is 79.9. The zero-order valence-corrected chi connectivity index (χ0v) is 13.5. The van der Waals surface area contributed by atoms with Crippen molar-refractivity contribution in [1.29, 1.82) is 0 Å². The van der Waals surface area contributed by atoms with Gasteiger partial charge in [0, 0.05) is 10.2 Å². The zero-order chi connectivity index (χ0) is 14.4. The predicted molar refractivity (Wildman–Crippen MR) is 85.9 cm³/mol. The summed E-state index contributed by atoms with van der Waals surface area (Å²) in [5.41, 5.74) is 2.95. The molecule has 0 unspecified atom stereocenters. The molecule has 0 aliphatic rings. The number of benzene rings is 2. The summed E-state index contributed by atoms with van der Waals surface area (Å²) in [7, 11) is 0. The summed E-state index contributed by atoms with van der Waals surface area (Å²) in [5.74, 6) is -0.252. The fourth-order valence-corrected chi connectivity index (χ4v) is 2.91. The van der Waals surface area contributed by atoms with Crippen LogP contribution in [0.2, 0.25) is 5.02 Å². The van der Waals surface area contributed by atoms with Crippen LogP contribution in [-0.4, -0.2) is 9.55 Å². The highest BCUT2D eigenvalue weighted by Crippen LogP contribution is 2.28. The van der Waals surface area contributed by atoms with Gasteiger partial charge in [0.25, 0.3) is 0 Å². The van der Waals surface area contributed by atoms with Gasteiger partial charge in [0.2, 0.25) is 0 Å². The van der Waals surface area contributed by atoms with E-state index in [9.17, 15) is 4.39 Å². The van der Waals surface area contributed by atoms with E-state index in [0.29, 0.717) is 20.9 Å². The molecule has 3 rings (SSSR count). The fraction of sp³-hybridized carbons (Fsp3) is 0.0714. The monoisotopic (exact) mass is 370 g/mol. The van der Waals surface area contributed by atoms with Crippen LogP contribution in [0.15, 0.2) is 34.8 Å². The molecule has 0 spiro atoms. The smallest absolute Gasteiger partial charge is 0.182 e. The number of hydrogen-bond acceptors (Lipinski definition) is 1. The SMILES string of the molecule is Cc1cc2c(cc1F)[nH]c(=S)n2-c1ccc(Cl)c(Br)c1. The van der Waals surface area contributed by atoms with E-state index in [2.05, 4.69) is 20.9 Å². The maximum Gasteiger partial charge on any atom is 0.182 e. The van der Waals surface area contributed by atoms with Crippen LogP contribution in [0, 0.1) is 17.5 Å². The Morgan fingerprint density at radius 1 is 1.30 bits per heavy atom. The molecule has 20 heavy (non-hydrogen) atoms. The van der Waals surface area contributed by atoms with E-state index >= 15 is 0 Å². The molecule has 102 valence electrons. The molecule has 2 nitrogen and oxygen atoms in total. The first-order valence-corrected chi connectivity index (χ1v) is 7.41. The Labute approximate surface area is 133 Å². The quantitative estimate of drug-likeness (QED) is 0.556. The first kappa shape index (κ1) is 13.8. The second kappa shape index (κ2) is 4.98. The van der Waals surface area contributed by atoms with E-state index in [4.69, 9.17) is 23.8 Å². The van der Waals surface area contributed by atoms with Crippen molar-refractivity contribution in [3.05, 3.63) is 56.0 Å². The molecule has 0 saturated heterocycles. The summed E-state index contributed by atoms with van der Waals surface area (Å²) in [5, 5.41) is 0.627. The highest BCUT2D eigenvalue weighted by molar-refractivity contribution is 9.10. The second-order valence-electron chi connectivity index (χ2n) is 4.48. The largest absolute Gasteiger partial charge is 0.330 e. The summed E-state index contributed by atoms with van der Waals surface area (Å²) < 4.78 is 16.8. The normalized spacial score (nSPS) is 11.2. The van der Waals surface area contributed by atoms with Crippen molar-refractivity contribution < 1.29 is 4.39 Å². The van der Waals surface area contributed by atoms with E-state index in [1.54, 1.807) is 19.1 Å². The summed E-state index contributed by atoms with van der Waals surface area (Å²) in [4.78, 5) is 3.02. The minimum Gasteiger partial charge on any atom is -0.330 e. The molecule has 1 N–H and O–H groups in total. The number of rotatable bonds is 1. The van der Waals surface area contributed by atoms with Crippen LogP contribution < -0.4 is 0 Å². The van der Waals surface area contributed by atoms with Crippen molar-refractivity contribution in [3.63, 3.8) is 0 Å². The molecule has 0 amide bonds. The third kappa shape index (κ3) is 2.20. The van der Waals surface area contributed by atoms with Gasteiger partial charge in [-0.05, 0) is 71.0 Å². The van der Waals surface area contributed by atoms with E-state index in [1.807, 2.05) is 16.7 Å². The van der Waals surface area contributed by atoms with Crippen LogP contribution in [0.1, 0.15) is 5.56 Å². The lowest BCUT2D eigenvalue weighted by molar-refractivity contribution is 0.620. The lowest BCUT2D eigenvalue weighted by atomic mass is 10.2. The Morgan fingerprint density at radius 3 is 2.75 bits per heavy atom. The second-order valence-corrected chi connectivity index (χ2v) is 6.13. The molecule has 0 atom stereocenters. The van der Waals surface area contributed by atoms with Crippen molar-refractivity contribution in [1.82, 2.24) is 9.55 Å². The molecule has 6 heteroatoms. The lowest BCUT2D eigenvalue weighted by Crippen LogP contribution is -1.94. The summed E-state index contributed by atoms with van der Waals surface area (Å²) in [6.45, 7) is 1.73. The minimum absolute atomic E-state index is 0.252. The van der Waals surface area contributed by atoms with Crippen molar-refractivity contribution in [2.75, 3.05) is 0 Å². The van der Waals surface area contributed by atoms with Crippen molar-refractivity contribution in [2.24, 2.45) is 0 Å². The Hall–Kier alpha value is -1.17. The van der Waals surface area contributed by atoms with Gasteiger partial charge in [-0.1, -0.05) is 11.6 Å². The van der Waals surface area contributed by atoms with Crippen LogP contribution in [-0.2, 0) is 0 Å². The number of aryl methyl sites for hydroxylation is 1. The zero-order valence-electron chi connectivity index (χ0n) is 10.4. The number of imidazole rings is 1. The van der Waals surface area contributed by atoms with Crippen LogP contribution in [0.25, 0.3) is 16.7 Å². The third-order valence-electron chi connectivity index (χ3n) is 3.12. The molecule has 0 aliphatic heterocycles. The van der Waals surface area contributed by atoms with Crippen LogP contribution >= 0.6 is 39.7 Å². The maximum atomic E-state index is 13.6. The molecule has 0 bridgehead atoms. The Morgan fingerprint density at radius 2 is 2.05 bits per heavy atom. The third-order valence-corrected chi connectivity index (χ3v) is 4.62. The number of hydrogen-bond donors (Lipinski definition) is 1. The van der Waals surface area contributed by atoms with E-state index in [0.717, 1.165) is 15.7 Å². The molecule has 1 aromatic heterocycles. The van der Waals surface area contributed by atoms with E-state index < -0.39 is 0 Å². The van der Waals surface area contributed by atoms with Gasteiger partial charge in [-0.15, -0.1) is 0 Å². The predicted octanol–water partition coefficient (Wildman–Crippen LogP) is 5.55. The summed E-state index contributed by atoms with van der Waals surface area (Å²) in [6.07, 6.45) is 0. The molecule has 3 aromatic rings. The van der Waals surface area contributed by atoms with Crippen LogP contribution in [0.4, 0.5) is 4.39 Å².